The summed E-state index contributed by atoms with van der Waals surface area (Å²) in [5, 5.41) is 0. The first-order chi connectivity index (χ1) is 11.6. The first kappa shape index (κ1) is 16.3. The lowest BCUT2D eigenvalue weighted by Crippen LogP contribution is -2.32. The predicted molar refractivity (Wildman–Crippen MR) is 95.5 cm³/mol. The second-order valence-corrected chi connectivity index (χ2v) is 6.37. The number of nitrogens with zero attached hydrogens (tertiary/aromatic N) is 2. The Bertz CT molecular complexity index is 791. The number of nitrogens with one attached hydrogen (secondary N) is 1. The van der Waals surface area contributed by atoms with Gasteiger partial charge in [0.25, 0.3) is 11.5 Å². The molecule has 0 spiro atoms. The fourth-order valence-corrected chi connectivity index (χ4v) is 3.18. The van der Waals surface area contributed by atoms with Crippen LogP contribution in [0.25, 0.3) is 0 Å². The van der Waals surface area contributed by atoms with Crippen molar-refractivity contribution in [2.75, 3.05) is 25.0 Å². The molecule has 0 unspecified atom stereocenters. The van der Waals surface area contributed by atoms with Gasteiger partial charge in [-0.25, -0.2) is 0 Å². The third-order valence-corrected chi connectivity index (χ3v) is 4.48. The number of rotatable bonds is 4. The number of H-pyrrole nitrogens is 1. The van der Waals surface area contributed by atoms with Crippen LogP contribution in [-0.4, -0.2) is 35.9 Å². The zero-order valence-corrected chi connectivity index (χ0v) is 14.2. The van der Waals surface area contributed by atoms with Crippen molar-refractivity contribution < 1.29 is 4.79 Å². The van der Waals surface area contributed by atoms with Crippen molar-refractivity contribution in [1.82, 2.24) is 9.88 Å². The second-order valence-electron chi connectivity index (χ2n) is 6.37. The summed E-state index contributed by atoms with van der Waals surface area (Å²) in [6.45, 7) is 4.41. The maximum Gasteiger partial charge on any atom is 0.260 e. The summed E-state index contributed by atoms with van der Waals surface area (Å²) in [6, 6.07) is 11.5. The van der Waals surface area contributed by atoms with Crippen LogP contribution in [0.3, 0.4) is 0 Å². The Kier molecular flexibility index (Phi) is 4.69. The van der Waals surface area contributed by atoms with E-state index >= 15 is 0 Å². The maximum absolute atomic E-state index is 12.6. The first-order valence-electron chi connectivity index (χ1n) is 8.34. The van der Waals surface area contributed by atoms with Crippen LogP contribution in [0, 0.1) is 6.92 Å². The van der Waals surface area contributed by atoms with Crippen LogP contribution in [0.5, 0.6) is 0 Å². The summed E-state index contributed by atoms with van der Waals surface area (Å²) < 4.78 is 0. The van der Waals surface area contributed by atoms with Gasteiger partial charge in [-0.3, -0.25) is 9.59 Å². The molecule has 2 heterocycles. The minimum Gasteiger partial charge on any atom is -0.371 e. The van der Waals surface area contributed by atoms with Crippen molar-refractivity contribution in [3.05, 3.63) is 63.6 Å². The van der Waals surface area contributed by atoms with Crippen molar-refractivity contribution in [1.29, 1.82) is 0 Å². The van der Waals surface area contributed by atoms with Gasteiger partial charge in [0.1, 0.15) is 5.56 Å². The summed E-state index contributed by atoms with van der Waals surface area (Å²) in [7, 11) is 1.74. The lowest BCUT2D eigenvalue weighted by molar-refractivity contribution is 0.0783. The molecule has 2 aromatic rings. The number of hydrogen-bond acceptors (Lipinski definition) is 3. The van der Waals surface area contributed by atoms with Crippen LogP contribution in [0.1, 0.15) is 34.5 Å². The fourth-order valence-electron chi connectivity index (χ4n) is 3.18. The van der Waals surface area contributed by atoms with Crippen molar-refractivity contribution in [3.63, 3.8) is 0 Å². The Morgan fingerprint density at radius 2 is 1.88 bits per heavy atom. The molecule has 1 N–H and O–H groups in total. The summed E-state index contributed by atoms with van der Waals surface area (Å²) >= 11 is 0. The molecule has 24 heavy (non-hydrogen) atoms. The Hall–Kier alpha value is -2.56. The van der Waals surface area contributed by atoms with Crippen LogP contribution in [0.15, 0.2) is 41.2 Å². The lowest BCUT2D eigenvalue weighted by Gasteiger charge is -2.24. The van der Waals surface area contributed by atoms with Crippen LogP contribution in [-0.2, 0) is 6.54 Å². The number of benzene rings is 1. The SMILES string of the molecule is Cc1ccc(C(=O)N(C)Cc2ccccc2N2CCCC2)c(=O)[nH]1. The summed E-state index contributed by atoms with van der Waals surface area (Å²) in [5.41, 5.74) is 2.89. The number of para-hydroxylation sites is 1. The van der Waals surface area contributed by atoms with Gasteiger partial charge < -0.3 is 14.8 Å². The van der Waals surface area contributed by atoms with Gasteiger partial charge in [0.15, 0.2) is 0 Å². The first-order valence-corrected chi connectivity index (χ1v) is 8.34. The van der Waals surface area contributed by atoms with Gasteiger partial charge in [-0.05, 0) is 43.5 Å². The van der Waals surface area contributed by atoms with E-state index in [0.717, 1.165) is 24.3 Å². The van der Waals surface area contributed by atoms with Gasteiger partial charge in [0.05, 0.1) is 0 Å². The van der Waals surface area contributed by atoms with Gasteiger partial charge in [-0.2, -0.15) is 0 Å². The Morgan fingerprint density at radius 3 is 2.58 bits per heavy atom. The predicted octanol–water partition coefficient (Wildman–Crippen LogP) is 2.56. The van der Waals surface area contributed by atoms with E-state index in [9.17, 15) is 9.59 Å². The lowest BCUT2D eigenvalue weighted by atomic mass is 10.1. The highest BCUT2D eigenvalue weighted by atomic mass is 16.2. The molecule has 126 valence electrons. The molecule has 5 heteroatoms. The number of aryl methyl sites for hydroxylation is 1. The van der Waals surface area contributed by atoms with Gasteiger partial charge in [0.2, 0.25) is 0 Å². The van der Waals surface area contributed by atoms with Gasteiger partial charge in [-0.1, -0.05) is 18.2 Å². The van der Waals surface area contributed by atoms with Gasteiger partial charge in [-0.15, -0.1) is 0 Å². The third-order valence-electron chi connectivity index (χ3n) is 4.48. The Morgan fingerprint density at radius 1 is 1.17 bits per heavy atom. The standard InChI is InChI=1S/C19H23N3O2/c1-14-9-10-16(18(23)20-14)19(24)21(2)13-15-7-3-4-8-17(15)22-11-5-6-12-22/h3-4,7-10H,5-6,11-13H2,1-2H3,(H,20,23). The minimum atomic E-state index is -0.334. The van der Waals surface area contributed by atoms with E-state index in [1.165, 1.54) is 18.5 Å². The summed E-state index contributed by atoms with van der Waals surface area (Å²) in [6.07, 6.45) is 2.42. The topological polar surface area (TPSA) is 56.4 Å². The monoisotopic (exact) mass is 325 g/mol. The molecule has 1 saturated heterocycles. The zero-order valence-electron chi connectivity index (χ0n) is 14.2. The van der Waals surface area contributed by atoms with Crippen molar-refractivity contribution in [2.24, 2.45) is 0 Å². The van der Waals surface area contributed by atoms with E-state index < -0.39 is 0 Å². The fraction of sp³-hybridized carbons (Fsp3) is 0.368. The van der Waals surface area contributed by atoms with Crippen LogP contribution in [0.4, 0.5) is 5.69 Å². The zero-order chi connectivity index (χ0) is 17.1. The van der Waals surface area contributed by atoms with Crippen LogP contribution >= 0.6 is 0 Å². The third kappa shape index (κ3) is 3.35. The average Bonchev–Trinajstić information content (AvgIpc) is 3.09. The van der Waals surface area contributed by atoms with E-state index in [4.69, 9.17) is 0 Å². The molecule has 5 nitrogen and oxygen atoms in total. The molecular formula is C19H23N3O2. The van der Waals surface area contributed by atoms with Crippen molar-refractivity contribution >= 4 is 11.6 Å². The molecule has 0 aliphatic carbocycles. The number of anilines is 1. The second kappa shape index (κ2) is 6.91. The van der Waals surface area contributed by atoms with Gasteiger partial charge >= 0.3 is 0 Å². The number of amides is 1. The number of pyridine rings is 1. The number of carbonyl (C=O) groups excluding carboxylic acids is 1. The molecule has 1 amide bonds. The maximum atomic E-state index is 12.6. The summed E-state index contributed by atoms with van der Waals surface area (Å²) in [5.74, 6) is -0.257. The number of aromatic nitrogens is 1. The molecule has 1 aromatic carbocycles. The molecule has 0 saturated carbocycles. The quantitative estimate of drug-likeness (QED) is 0.940. The molecule has 0 radical (unpaired) electrons. The highest BCUT2D eigenvalue weighted by Gasteiger charge is 2.19. The Labute approximate surface area is 141 Å². The number of carbonyl (C=O) groups is 1. The molecule has 1 aliphatic rings. The highest BCUT2D eigenvalue weighted by molar-refractivity contribution is 5.93. The number of aromatic amines is 1. The summed E-state index contributed by atoms with van der Waals surface area (Å²) in [4.78, 5) is 31.3. The van der Waals surface area contributed by atoms with Crippen molar-refractivity contribution in [3.8, 4) is 0 Å². The van der Waals surface area contributed by atoms with E-state index in [1.807, 2.05) is 12.1 Å². The van der Waals surface area contributed by atoms with E-state index in [0.29, 0.717) is 6.54 Å². The Balaban J connectivity index is 1.81. The smallest absolute Gasteiger partial charge is 0.260 e. The highest BCUT2D eigenvalue weighted by Crippen LogP contribution is 2.25. The minimum absolute atomic E-state index is 0.182. The van der Waals surface area contributed by atoms with E-state index in [-0.39, 0.29) is 17.0 Å². The molecule has 3 rings (SSSR count). The number of hydrogen-bond donors (Lipinski definition) is 1. The largest absolute Gasteiger partial charge is 0.371 e. The van der Waals surface area contributed by atoms with Crippen LogP contribution in [0.2, 0.25) is 0 Å². The molecule has 0 atom stereocenters. The van der Waals surface area contributed by atoms with Crippen molar-refractivity contribution in [2.45, 2.75) is 26.3 Å². The molecule has 1 aliphatic heterocycles. The van der Waals surface area contributed by atoms with E-state index in [2.05, 4.69) is 22.0 Å². The van der Waals surface area contributed by atoms with E-state index in [1.54, 1.807) is 31.0 Å². The van der Waals surface area contributed by atoms with Gasteiger partial charge in [0, 0.05) is 38.1 Å². The normalized spacial score (nSPS) is 14.0. The average molecular weight is 325 g/mol. The van der Waals surface area contributed by atoms with Crippen LogP contribution < -0.4 is 10.5 Å². The molecule has 1 aromatic heterocycles. The molecular weight excluding hydrogens is 302 g/mol. The molecule has 1 fully saturated rings. The molecule has 0 bridgehead atoms.